The number of pyridine rings is 1. The molecule has 10 nitrogen and oxygen atoms in total. The van der Waals surface area contributed by atoms with Crippen molar-refractivity contribution in [3.63, 3.8) is 0 Å². The van der Waals surface area contributed by atoms with Gasteiger partial charge in [0.15, 0.2) is 28.7 Å². The molecule has 4 heterocycles. The van der Waals surface area contributed by atoms with E-state index in [0.717, 1.165) is 16.9 Å². The van der Waals surface area contributed by atoms with Crippen molar-refractivity contribution in [3.8, 4) is 11.5 Å². The van der Waals surface area contributed by atoms with E-state index in [-0.39, 0.29) is 22.9 Å². The fraction of sp³-hybridized carbons (Fsp3) is 0.200. The van der Waals surface area contributed by atoms with E-state index < -0.39 is 18.0 Å². The van der Waals surface area contributed by atoms with Crippen LogP contribution in [0.25, 0.3) is 11.1 Å². The molecule has 0 radical (unpaired) electrons. The van der Waals surface area contributed by atoms with Gasteiger partial charge in [-0.15, -0.1) is 0 Å². The van der Waals surface area contributed by atoms with Crippen molar-refractivity contribution in [2.75, 3.05) is 14.2 Å². The van der Waals surface area contributed by atoms with Crippen LogP contribution in [0, 0.1) is 0 Å². The predicted octanol–water partition coefficient (Wildman–Crippen LogP) is 1.69. The Balaban J connectivity index is 0.000000151. The number of urea groups is 1. The molecule has 2 aliphatic heterocycles. The summed E-state index contributed by atoms with van der Waals surface area (Å²) >= 11 is 0. The molecule has 0 spiro atoms. The van der Waals surface area contributed by atoms with Crippen molar-refractivity contribution in [2.45, 2.75) is 12.6 Å². The average molecular weight is 410 g/mol. The summed E-state index contributed by atoms with van der Waals surface area (Å²) in [4.78, 5) is 39.6. The van der Waals surface area contributed by atoms with Gasteiger partial charge in [-0.3, -0.25) is 14.9 Å². The Kier molecular flexibility index (Phi) is 4.74. The third kappa shape index (κ3) is 3.28. The number of carbonyl (C=O) groups excluding carboxylic acids is 3. The zero-order chi connectivity index (χ0) is 21.4. The number of aromatic hydroxyl groups is 1. The summed E-state index contributed by atoms with van der Waals surface area (Å²) in [6.07, 6.45) is 1.49. The Morgan fingerprint density at radius 2 is 2.07 bits per heavy atom. The number of furan rings is 1. The molecular weight excluding hydrogens is 392 g/mol. The number of ether oxygens (including phenoxy) is 1. The lowest BCUT2D eigenvalue weighted by molar-refractivity contribution is -0.120. The van der Waals surface area contributed by atoms with Crippen molar-refractivity contribution >= 4 is 28.9 Å². The molecule has 3 N–H and O–H groups in total. The number of carbonyl (C=O) groups is 3. The van der Waals surface area contributed by atoms with E-state index >= 15 is 0 Å². The molecular formula is C20H18N4O6. The van der Waals surface area contributed by atoms with Gasteiger partial charge in [0.05, 0.1) is 7.11 Å². The lowest BCUT2D eigenvalue weighted by Gasteiger charge is -2.04. The number of nitrogens with zero attached hydrogens (tertiary/aromatic N) is 2. The van der Waals surface area contributed by atoms with Crippen molar-refractivity contribution in [1.82, 2.24) is 20.5 Å². The van der Waals surface area contributed by atoms with E-state index in [1.54, 1.807) is 37.3 Å². The van der Waals surface area contributed by atoms with Crippen LogP contribution in [0.1, 0.15) is 27.7 Å². The molecule has 5 rings (SSSR count). The number of benzene rings is 1. The van der Waals surface area contributed by atoms with E-state index in [9.17, 15) is 19.5 Å². The SMILES string of the molecule is COc1ccc2c(c1)C(=O)N(C)C2.O=C1NC(=O)C(c2oc3cccnc3c2O)N1. The lowest BCUT2D eigenvalue weighted by Crippen LogP contribution is -2.22. The van der Waals surface area contributed by atoms with Gasteiger partial charge in [-0.2, -0.15) is 0 Å². The Morgan fingerprint density at radius 1 is 1.27 bits per heavy atom. The molecule has 1 atom stereocenters. The van der Waals surface area contributed by atoms with E-state index in [1.165, 1.54) is 6.20 Å². The molecule has 2 aliphatic rings. The maximum absolute atomic E-state index is 11.5. The minimum absolute atomic E-state index is 0.0120. The van der Waals surface area contributed by atoms with E-state index in [2.05, 4.69) is 15.6 Å². The summed E-state index contributed by atoms with van der Waals surface area (Å²) in [6.45, 7) is 0.707. The van der Waals surface area contributed by atoms with Gasteiger partial charge in [-0.25, -0.2) is 9.78 Å². The first kappa shape index (κ1) is 19.2. The first-order valence-electron chi connectivity index (χ1n) is 8.99. The highest BCUT2D eigenvalue weighted by Crippen LogP contribution is 2.35. The van der Waals surface area contributed by atoms with E-state index in [0.29, 0.717) is 12.1 Å². The Labute approximate surface area is 170 Å². The molecule has 1 fully saturated rings. The molecule has 1 aromatic carbocycles. The fourth-order valence-corrected chi connectivity index (χ4v) is 3.28. The topological polar surface area (TPSA) is 134 Å². The monoisotopic (exact) mass is 410 g/mol. The maximum atomic E-state index is 11.5. The highest BCUT2D eigenvalue weighted by molar-refractivity contribution is 6.05. The van der Waals surface area contributed by atoms with Gasteiger partial charge in [0.25, 0.3) is 11.8 Å². The number of hydrogen-bond donors (Lipinski definition) is 3. The van der Waals surface area contributed by atoms with Crippen LogP contribution in [0.15, 0.2) is 40.9 Å². The second-order valence-corrected chi connectivity index (χ2v) is 6.75. The third-order valence-corrected chi connectivity index (χ3v) is 4.79. The number of amides is 4. The Hall–Kier alpha value is -4.08. The number of methoxy groups -OCH3 is 1. The standard InChI is InChI=1S/C10H7N3O4.C10H11NO2/c14-7-5-4(2-1-3-11-5)17-8(7)6-9(15)13-10(16)12-6;1-11-6-7-3-4-8(13-2)5-9(7)10(11)12/h1-3,6,14H,(H2,12,13,15,16);3-5H,6H2,1-2H3. The van der Waals surface area contributed by atoms with E-state index in [1.807, 2.05) is 12.1 Å². The summed E-state index contributed by atoms with van der Waals surface area (Å²) in [5, 5.41) is 14.3. The molecule has 0 aliphatic carbocycles. The van der Waals surface area contributed by atoms with Gasteiger partial charge in [0, 0.05) is 25.4 Å². The Morgan fingerprint density at radius 3 is 2.73 bits per heavy atom. The average Bonchev–Trinajstić information content (AvgIpc) is 3.35. The van der Waals surface area contributed by atoms with Gasteiger partial charge in [0.2, 0.25) is 0 Å². The highest BCUT2D eigenvalue weighted by atomic mass is 16.5. The van der Waals surface area contributed by atoms with Gasteiger partial charge < -0.3 is 24.5 Å². The molecule has 4 amide bonds. The molecule has 0 bridgehead atoms. The normalized spacial score (nSPS) is 17.3. The molecule has 2 aromatic heterocycles. The summed E-state index contributed by atoms with van der Waals surface area (Å²) in [7, 11) is 3.40. The molecule has 154 valence electrons. The first-order valence-corrected chi connectivity index (χ1v) is 8.99. The fourth-order valence-electron chi connectivity index (χ4n) is 3.28. The summed E-state index contributed by atoms with van der Waals surface area (Å²) in [5.41, 5.74) is 2.46. The highest BCUT2D eigenvalue weighted by Gasteiger charge is 2.36. The number of fused-ring (bicyclic) bond motifs is 2. The largest absolute Gasteiger partial charge is 0.503 e. The molecule has 10 heteroatoms. The summed E-state index contributed by atoms with van der Waals surface area (Å²) in [5.74, 6) is 0.00524. The summed E-state index contributed by atoms with van der Waals surface area (Å²) < 4.78 is 10.4. The molecule has 3 aromatic rings. The van der Waals surface area contributed by atoms with Crippen LogP contribution in [0.5, 0.6) is 11.5 Å². The first-order chi connectivity index (χ1) is 14.4. The Bertz CT molecular complexity index is 1170. The van der Waals surface area contributed by atoms with Crippen molar-refractivity contribution in [3.05, 3.63) is 53.4 Å². The zero-order valence-corrected chi connectivity index (χ0v) is 16.1. The number of rotatable bonds is 2. The number of aromatic nitrogens is 1. The van der Waals surface area contributed by atoms with Crippen molar-refractivity contribution < 1.29 is 28.6 Å². The molecule has 1 saturated heterocycles. The van der Waals surface area contributed by atoms with Crippen LogP contribution >= 0.6 is 0 Å². The van der Waals surface area contributed by atoms with Gasteiger partial charge in [-0.1, -0.05) is 6.07 Å². The molecule has 1 unspecified atom stereocenters. The van der Waals surface area contributed by atoms with Crippen LogP contribution in [0.2, 0.25) is 0 Å². The number of nitrogens with one attached hydrogen (secondary N) is 2. The quantitative estimate of drug-likeness (QED) is 0.547. The minimum atomic E-state index is -1.02. The smallest absolute Gasteiger partial charge is 0.322 e. The minimum Gasteiger partial charge on any atom is -0.503 e. The lowest BCUT2D eigenvalue weighted by atomic mass is 10.1. The van der Waals surface area contributed by atoms with Crippen LogP contribution in [0.4, 0.5) is 4.79 Å². The molecule has 0 saturated carbocycles. The van der Waals surface area contributed by atoms with Crippen LogP contribution in [0.3, 0.4) is 0 Å². The zero-order valence-electron chi connectivity index (χ0n) is 16.1. The van der Waals surface area contributed by atoms with Gasteiger partial charge in [-0.05, 0) is 29.8 Å². The third-order valence-electron chi connectivity index (χ3n) is 4.79. The maximum Gasteiger partial charge on any atom is 0.322 e. The van der Waals surface area contributed by atoms with Crippen molar-refractivity contribution in [2.24, 2.45) is 0 Å². The second-order valence-electron chi connectivity index (χ2n) is 6.75. The molecule has 30 heavy (non-hydrogen) atoms. The second kappa shape index (κ2) is 7.39. The van der Waals surface area contributed by atoms with Crippen LogP contribution in [-0.2, 0) is 11.3 Å². The number of imide groups is 1. The summed E-state index contributed by atoms with van der Waals surface area (Å²) in [6, 6.07) is 7.23. The van der Waals surface area contributed by atoms with Crippen LogP contribution < -0.4 is 15.4 Å². The predicted molar refractivity (Wildman–Crippen MR) is 104 cm³/mol. The van der Waals surface area contributed by atoms with Gasteiger partial charge in [0.1, 0.15) is 5.75 Å². The van der Waals surface area contributed by atoms with Gasteiger partial charge >= 0.3 is 6.03 Å². The van der Waals surface area contributed by atoms with Crippen molar-refractivity contribution in [1.29, 1.82) is 0 Å². The van der Waals surface area contributed by atoms with Crippen LogP contribution in [-0.4, -0.2) is 47.0 Å². The number of hydrogen-bond acceptors (Lipinski definition) is 7. The van der Waals surface area contributed by atoms with E-state index in [4.69, 9.17) is 9.15 Å².